The molecule has 3 nitrogen and oxygen atoms in total. The van der Waals surface area contributed by atoms with Crippen LogP contribution in [0.2, 0.25) is 0 Å². The van der Waals surface area contributed by atoms with Gasteiger partial charge >= 0.3 is 0 Å². The third-order valence-corrected chi connectivity index (χ3v) is 4.58. The van der Waals surface area contributed by atoms with Gasteiger partial charge in [0.25, 0.3) is 5.91 Å². The number of hydrogen-bond acceptors (Lipinski definition) is 2. The maximum atomic E-state index is 12.7. The number of hydrogen-bond donors (Lipinski definition) is 1. The molecule has 0 radical (unpaired) electrons. The highest BCUT2D eigenvalue weighted by Crippen LogP contribution is 2.41. The van der Waals surface area contributed by atoms with Crippen LogP contribution < -0.4 is 5.32 Å². The Morgan fingerprint density at radius 2 is 2.21 bits per heavy atom. The van der Waals surface area contributed by atoms with Crippen LogP contribution in [0.4, 0.5) is 5.69 Å². The van der Waals surface area contributed by atoms with Gasteiger partial charge in [0, 0.05) is 12.2 Å². The molecule has 3 heteroatoms. The molecule has 1 fully saturated rings. The number of fused-ring (bicyclic) bond motifs is 1. The van der Waals surface area contributed by atoms with E-state index in [1.165, 1.54) is 12.8 Å². The zero-order valence-electron chi connectivity index (χ0n) is 11.8. The van der Waals surface area contributed by atoms with Gasteiger partial charge in [0.2, 0.25) is 0 Å². The highest BCUT2D eigenvalue weighted by atomic mass is 16.2. The first-order chi connectivity index (χ1) is 9.16. The summed E-state index contributed by atoms with van der Waals surface area (Å²) < 4.78 is 0. The number of benzene rings is 1. The maximum absolute atomic E-state index is 12.7. The quantitative estimate of drug-likeness (QED) is 0.836. The summed E-state index contributed by atoms with van der Waals surface area (Å²) in [7, 11) is 0. The van der Waals surface area contributed by atoms with E-state index in [4.69, 9.17) is 0 Å². The first-order valence-corrected chi connectivity index (χ1v) is 7.35. The summed E-state index contributed by atoms with van der Waals surface area (Å²) in [6, 6.07) is 7.89. The normalized spacial score (nSPS) is 30.1. The van der Waals surface area contributed by atoms with E-state index in [1.807, 2.05) is 29.2 Å². The Kier molecular flexibility index (Phi) is 3.00. The second-order valence-electron chi connectivity index (χ2n) is 5.95. The van der Waals surface area contributed by atoms with Crippen LogP contribution in [0.3, 0.4) is 0 Å². The van der Waals surface area contributed by atoms with Gasteiger partial charge in [0.15, 0.2) is 0 Å². The average Bonchev–Trinajstić information content (AvgIpc) is 2.39. The van der Waals surface area contributed by atoms with Crippen molar-refractivity contribution in [3.63, 3.8) is 0 Å². The Balaban J connectivity index is 2.04. The molecule has 19 heavy (non-hydrogen) atoms. The third kappa shape index (κ3) is 1.92. The predicted molar refractivity (Wildman–Crippen MR) is 77.1 cm³/mol. The van der Waals surface area contributed by atoms with E-state index in [9.17, 15) is 4.79 Å². The summed E-state index contributed by atoms with van der Waals surface area (Å²) >= 11 is 0. The summed E-state index contributed by atoms with van der Waals surface area (Å²) in [5.74, 6) is 0.860. The number of carbonyl (C=O) groups excluding carboxylic acids is 1. The molecule has 0 unspecified atom stereocenters. The summed E-state index contributed by atoms with van der Waals surface area (Å²) in [6.07, 6.45) is 4.59. The molecule has 1 aliphatic heterocycles. The van der Waals surface area contributed by atoms with Crippen molar-refractivity contribution in [3.8, 4) is 0 Å². The number of nitrogens with one attached hydrogen (secondary N) is 1. The Labute approximate surface area is 115 Å². The molecule has 1 aromatic carbocycles. The minimum Gasteiger partial charge on any atom is -0.362 e. The van der Waals surface area contributed by atoms with Crippen molar-refractivity contribution in [1.29, 1.82) is 0 Å². The van der Waals surface area contributed by atoms with E-state index in [0.717, 1.165) is 30.6 Å². The van der Waals surface area contributed by atoms with E-state index < -0.39 is 0 Å². The van der Waals surface area contributed by atoms with Crippen LogP contribution >= 0.6 is 0 Å². The molecular weight excluding hydrogens is 236 g/mol. The fourth-order valence-corrected chi connectivity index (χ4v) is 3.77. The number of anilines is 1. The summed E-state index contributed by atoms with van der Waals surface area (Å²) in [5.41, 5.74) is 1.66. The summed E-state index contributed by atoms with van der Waals surface area (Å²) in [5, 5.41) is 3.68. The first kappa shape index (κ1) is 12.5. The van der Waals surface area contributed by atoms with Gasteiger partial charge in [-0.3, -0.25) is 4.79 Å². The van der Waals surface area contributed by atoms with E-state index in [0.29, 0.717) is 5.92 Å². The topological polar surface area (TPSA) is 32.3 Å². The molecule has 0 bridgehead atoms. The molecule has 0 saturated heterocycles. The Morgan fingerprint density at radius 1 is 1.42 bits per heavy atom. The number of nitrogens with zero attached hydrogens (tertiary/aromatic N) is 1. The zero-order valence-corrected chi connectivity index (χ0v) is 11.8. The highest BCUT2D eigenvalue weighted by Gasteiger charge is 2.45. The van der Waals surface area contributed by atoms with Crippen molar-refractivity contribution in [1.82, 2.24) is 4.90 Å². The molecule has 2 aliphatic rings. The number of rotatable bonds is 1. The van der Waals surface area contributed by atoms with Gasteiger partial charge in [-0.2, -0.15) is 0 Å². The van der Waals surface area contributed by atoms with Gasteiger partial charge in [0.1, 0.15) is 5.66 Å². The van der Waals surface area contributed by atoms with Crippen molar-refractivity contribution in [3.05, 3.63) is 29.8 Å². The molecule has 1 aromatic rings. The molecule has 0 aromatic heterocycles. The third-order valence-electron chi connectivity index (χ3n) is 4.58. The molecule has 2 atom stereocenters. The van der Waals surface area contributed by atoms with E-state index >= 15 is 0 Å². The molecular formula is C16H22N2O. The standard InChI is InChI=1S/C16H22N2O/c1-3-18-15(19)13-8-4-5-9-14(13)17-16(18)10-6-7-12(2)11-16/h4-5,8-9,12,17H,3,6-7,10-11H2,1-2H3/t12-,16+/m0/s1. The molecule has 1 saturated carbocycles. The minimum absolute atomic E-state index is 0.155. The van der Waals surface area contributed by atoms with E-state index in [-0.39, 0.29) is 11.6 Å². The SMILES string of the molecule is CCN1C(=O)c2ccccc2N[C@]12CCC[C@H](C)C2. The maximum Gasteiger partial charge on any atom is 0.257 e. The van der Waals surface area contributed by atoms with Crippen molar-refractivity contribution in [2.75, 3.05) is 11.9 Å². The van der Waals surface area contributed by atoms with Gasteiger partial charge < -0.3 is 10.2 Å². The molecule has 1 spiro atoms. The fraction of sp³-hybridized carbons (Fsp3) is 0.562. The largest absolute Gasteiger partial charge is 0.362 e. The van der Waals surface area contributed by atoms with Gasteiger partial charge in [-0.25, -0.2) is 0 Å². The van der Waals surface area contributed by atoms with Crippen LogP contribution in [0, 0.1) is 5.92 Å². The molecule has 1 aliphatic carbocycles. The highest BCUT2D eigenvalue weighted by molar-refractivity contribution is 6.02. The summed E-state index contributed by atoms with van der Waals surface area (Å²) in [6.45, 7) is 5.14. The number of para-hydroxylation sites is 1. The lowest BCUT2D eigenvalue weighted by atomic mass is 9.79. The lowest BCUT2D eigenvalue weighted by Gasteiger charge is -2.51. The van der Waals surface area contributed by atoms with Crippen LogP contribution in [0.15, 0.2) is 24.3 Å². The second-order valence-corrected chi connectivity index (χ2v) is 5.95. The van der Waals surface area contributed by atoms with Gasteiger partial charge in [-0.05, 0) is 44.2 Å². The lowest BCUT2D eigenvalue weighted by Crippen LogP contribution is -2.61. The smallest absolute Gasteiger partial charge is 0.257 e. The monoisotopic (exact) mass is 258 g/mol. The average molecular weight is 258 g/mol. The Bertz CT molecular complexity index is 499. The van der Waals surface area contributed by atoms with E-state index in [2.05, 4.69) is 19.2 Å². The van der Waals surface area contributed by atoms with Crippen LogP contribution in [0.1, 0.15) is 49.9 Å². The summed E-state index contributed by atoms with van der Waals surface area (Å²) in [4.78, 5) is 14.8. The van der Waals surface area contributed by atoms with Crippen molar-refractivity contribution in [2.24, 2.45) is 5.92 Å². The van der Waals surface area contributed by atoms with Crippen molar-refractivity contribution in [2.45, 2.75) is 45.2 Å². The molecule has 1 heterocycles. The van der Waals surface area contributed by atoms with Gasteiger partial charge in [-0.15, -0.1) is 0 Å². The second kappa shape index (κ2) is 4.55. The molecule has 1 amide bonds. The molecule has 1 N–H and O–H groups in total. The van der Waals surface area contributed by atoms with Crippen molar-refractivity contribution >= 4 is 11.6 Å². The zero-order chi connectivity index (χ0) is 13.5. The van der Waals surface area contributed by atoms with Gasteiger partial charge in [-0.1, -0.05) is 25.5 Å². The molecule has 3 rings (SSSR count). The molecule has 102 valence electrons. The Hall–Kier alpha value is -1.51. The predicted octanol–water partition coefficient (Wildman–Crippen LogP) is 3.48. The van der Waals surface area contributed by atoms with E-state index in [1.54, 1.807) is 0 Å². The fourth-order valence-electron chi connectivity index (χ4n) is 3.77. The number of carbonyl (C=O) groups is 1. The minimum atomic E-state index is -0.155. The first-order valence-electron chi connectivity index (χ1n) is 7.35. The number of amides is 1. The Morgan fingerprint density at radius 3 is 2.95 bits per heavy atom. The van der Waals surface area contributed by atoms with Crippen molar-refractivity contribution < 1.29 is 4.79 Å². The lowest BCUT2D eigenvalue weighted by molar-refractivity contribution is 0.0351. The van der Waals surface area contributed by atoms with Crippen LogP contribution in [0.5, 0.6) is 0 Å². The van der Waals surface area contributed by atoms with Crippen LogP contribution in [-0.4, -0.2) is 23.0 Å². The van der Waals surface area contributed by atoms with Crippen LogP contribution in [0.25, 0.3) is 0 Å². The van der Waals surface area contributed by atoms with Crippen LogP contribution in [-0.2, 0) is 0 Å². The van der Waals surface area contributed by atoms with Gasteiger partial charge in [0.05, 0.1) is 5.56 Å².